The minimum Gasteiger partial charge on any atom is -0.255 e. The van der Waals surface area contributed by atoms with E-state index in [1.165, 1.54) is 0 Å². The third-order valence-electron chi connectivity index (χ3n) is 2.64. The number of rotatable bonds is 1. The van der Waals surface area contributed by atoms with Gasteiger partial charge in [0.2, 0.25) is 0 Å². The highest BCUT2D eigenvalue weighted by atomic mass is 35.5. The maximum atomic E-state index is 13.3. The molecule has 0 N–H and O–H groups in total. The predicted octanol–water partition coefficient (Wildman–Crippen LogP) is 4.14. The Bertz CT molecular complexity index is 748. The van der Waals surface area contributed by atoms with E-state index < -0.39 is 5.82 Å². The van der Waals surface area contributed by atoms with E-state index in [-0.39, 0.29) is 16.1 Å². The molecule has 0 fully saturated rings. The van der Waals surface area contributed by atoms with Gasteiger partial charge in [-0.1, -0.05) is 41.4 Å². The molecular formula is C13H6Cl2FN3. The second-order valence-corrected chi connectivity index (χ2v) is 4.54. The standard InChI is InChI=1S/C13H6Cl2FN3/c14-11-9(16)12(15)19-13(18-11)8-5-1-3-7-4-2-6-17-10(7)8/h1-6H. The number of aromatic nitrogens is 3. The van der Waals surface area contributed by atoms with Crippen LogP contribution >= 0.6 is 23.2 Å². The van der Waals surface area contributed by atoms with Gasteiger partial charge in [-0.05, 0) is 12.1 Å². The fourth-order valence-electron chi connectivity index (χ4n) is 1.80. The maximum absolute atomic E-state index is 13.3. The van der Waals surface area contributed by atoms with Crippen LogP contribution in [0.15, 0.2) is 36.5 Å². The van der Waals surface area contributed by atoms with Crippen molar-refractivity contribution in [1.29, 1.82) is 0 Å². The number of para-hydroxylation sites is 1. The van der Waals surface area contributed by atoms with Crippen LogP contribution in [0.4, 0.5) is 4.39 Å². The van der Waals surface area contributed by atoms with Gasteiger partial charge in [0.05, 0.1) is 5.52 Å². The average molecular weight is 294 g/mol. The predicted molar refractivity (Wildman–Crippen MR) is 72.7 cm³/mol. The Labute approximate surface area is 118 Å². The lowest BCUT2D eigenvalue weighted by molar-refractivity contribution is 0.615. The summed E-state index contributed by atoms with van der Waals surface area (Å²) in [6, 6.07) is 9.29. The Balaban J connectivity index is 2.31. The molecule has 3 nitrogen and oxygen atoms in total. The minimum atomic E-state index is -0.819. The summed E-state index contributed by atoms with van der Waals surface area (Å²) in [6.07, 6.45) is 1.67. The van der Waals surface area contributed by atoms with Gasteiger partial charge in [0.15, 0.2) is 21.9 Å². The van der Waals surface area contributed by atoms with Crippen molar-refractivity contribution in [2.75, 3.05) is 0 Å². The highest BCUT2D eigenvalue weighted by Gasteiger charge is 2.14. The molecule has 6 heteroatoms. The van der Waals surface area contributed by atoms with Gasteiger partial charge < -0.3 is 0 Å². The summed E-state index contributed by atoms with van der Waals surface area (Å²) in [6.45, 7) is 0. The molecule has 0 aliphatic rings. The number of hydrogen-bond donors (Lipinski definition) is 0. The number of hydrogen-bond acceptors (Lipinski definition) is 3. The largest absolute Gasteiger partial charge is 0.255 e. The van der Waals surface area contributed by atoms with Crippen LogP contribution in [-0.2, 0) is 0 Å². The first kappa shape index (κ1) is 12.3. The van der Waals surface area contributed by atoms with E-state index in [1.807, 2.05) is 24.3 Å². The molecule has 0 atom stereocenters. The molecule has 0 radical (unpaired) electrons. The van der Waals surface area contributed by atoms with Gasteiger partial charge in [0.25, 0.3) is 0 Å². The lowest BCUT2D eigenvalue weighted by Crippen LogP contribution is -1.96. The molecule has 94 valence electrons. The van der Waals surface area contributed by atoms with Crippen molar-refractivity contribution in [1.82, 2.24) is 15.0 Å². The van der Waals surface area contributed by atoms with Crippen molar-refractivity contribution in [2.24, 2.45) is 0 Å². The van der Waals surface area contributed by atoms with E-state index >= 15 is 0 Å². The zero-order valence-corrected chi connectivity index (χ0v) is 11.0. The lowest BCUT2D eigenvalue weighted by atomic mass is 10.1. The smallest absolute Gasteiger partial charge is 0.197 e. The molecule has 0 saturated carbocycles. The Hall–Kier alpha value is -1.78. The summed E-state index contributed by atoms with van der Waals surface area (Å²) in [5, 5.41) is 0.325. The van der Waals surface area contributed by atoms with Crippen molar-refractivity contribution < 1.29 is 4.39 Å². The van der Waals surface area contributed by atoms with Crippen molar-refractivity contribution in [3.63, 3.8) is 0 Å². The highest BCUT2D eigenvalue weighted by molar-refractivity contribution is 6.33. The molecule has 0 spiro atoms. The Morgan fingerprint density at radius 2 is 1.63 bits per heavy atom. The maximum Gasteiger partial charge on any atom is 0.197 e. The summed E-state index contributed by atoms with van der Waals surface area (Å²) in [7, 11) is 0. The van der Waals surface area contributed by atoms with Gasteiger partial charge >= 0.3 is 0 Å². The van der Waals surface area contributed by atoms with Crippen LogP contribution in [0.5, 0.6) is 0 Å². The Morgan fingerprint density at radius 3 is 2.37 bits per heavy atom. The molecule has 2 heterocycles. The highest BCUT2D eigenvalue weighted by Crippen LogP contribution is 2.28. The van der Waals surface area contributed by atoms with Crippen LogP contribution in [0, 0.1) is 5.82 Å². The molecule has 0 bridgehead atoms. The third-order valence-corrected chi connectivity index (χ3v) is 3.14. The second kappa shape index (κ2) is 4.72. The fourth-order valence-corrected chi connectivity index (χ4v) is 2.19. The molecule has 3 rings (SSSR count). The Kier molecular flexibility index (Phi) is 3.05. The Morgan fingerprint density at radius 1 is 0.947 bits per heavy atom. The van der Waals surface area contributed by atoms with Gasteiger partial charge in [-0.3, -0.25) is 4.98 Å². The first-order valence-corrected chi connectivity index (χ1v) is 6.15. The fraction of sp³-hybridized carbons (Fsp3) is 0. The van der Waals surface area contributed by atoms with E-state index in [2.05, 4.69) is 15.0 Å². The number of pyridine rings is 1. The van der Waals surface area contributed by atoms with Crippen LogP contribution < -0.4 is 0 Å². The van der Waals surface area contributed by atoms with E-state index in [4.69, 9.17) is 23.2 Å². The van der Waals surface area contributed by atoms with Gasteiger partial charge in [-0.25, -0.2) is 14.4 Å². The molecular weight excluding hydrogens is 288 g/mol. The normalized spacial score (nSPS) is 10.9. The molecule has 0 unspecified atom stereocenters. The molecule has 19 heavy (non-hydrogen) atoms. The van der Waals surface area contributed by atoms with Crippen molar-refractivity contribution >= 4 is 34.1 Å². The summed E-state index contributed by atoms with van der Waals surface area (Å²) in [5.74, 6) is -0.569. The van der Waals surface area contributed by atoms with Crippen molar-refractivity contribution in [3.05, 3.63) is 52.7 Å². The summed E-state index contributed by atoms with van der Waals surface area (Å²) < 4.78 is 13.3. The van der Waals surface area contributed by atoms with Crippen LogP contribution in [-0.4, -0.2) is 15.0 Å². The second-order valence-electron chi connectivity index (χ2n) is 3.82. The monoisotopic (exact) mass is 293 g/mol. The zero-order chi connectivity index (χ0) is 13.4. The van der Waals surface area contributed by atoms with E-state index in [0.29, 0.717) is 11.1 Å². The number of halogens is 3. The molecule has 3 aromatic rings. The number of benzene rings is 1. The topological polar surface area (TPSA) is 38.7 Å². The van der Waals surface area contributed by atoms with E-state index in [1.54, 1.807) is 12.3 Å². The quantitative estimate of drug-likeness (QED) is 0.633. The molecule has 0 aliphatic heterocycles. The first-order valence-electron chi connectivity index (χ1n) is 5.39. The zero-order valence-electron chi connectivity index (χ0n) is 9.44. The SMILES string of the molecule is Fc1c(Cl)nc(-c2cccc3cccnc23)nc1Cl. The first-order chi connectivity index (χ1) is 9.16. The van der Waals surface area contributed by atoms with Gasteiger partial charge in [-0.2, -0.15) is 0 Å². The molecule has 2 aromatic heterocycles. The van der Waals surface area contributed by atoms with Crippen molar-refractivity contribution in [2.45, 2.75) is 0 Å². The van der Waals surface area contributed by atoms with Crippen LogP contribution in [0.3, 0.4) is 0 Å². The summed E-state index contributed by atoms with van der Waals surface area (Å²) in [5.41, 5.74) is 1.37. The van der Waals surface area contributed by atoms with Gasteiger partial charge in [0.1, 0.15) is 0 Å². The lowest BCUT2D eigenvalue weighted by Gasteiger charge is -2.05. The minimum absolute atomic E-state index is 0.251. The molecule has 1 aromatic carbocycles. The van der Waals surface area contributed by atoms with Gasteiger partial charge in [0, 0.05) is 17.1 Å². The van der Waals surface area contributed by atoms with Gasteiger partial charge in [-0.15, -0.1) is 0 Å². The third kappa shape index (κ3) is 2.13. The van der Waals surface area contributed by atoms with Crippen LogP contribution in [0.2, 0.25) is 10.3 Å². The molecule has 0 saturated heterocycles. The van der Waals surface area contributed by atoms with E-state index in [9.17, 15) is 4.39 Å². The van der Waals surface area contributed by atoms with E-state index in [0.717, 1.165) is 5.39 Å². The van der Waals surface area contributed by atoms with Crippen LogP contribution in [0.25, 0.3) is 22.3 Å². The molecule has 0 amide bonds. The summed E-state index contributed by atoms with van der Waals surface area (Å²) >= 11 is 11.4. The average Bonchev–Trinajstić information content (AvgIpc) is 2.43. The number of nitrogens with zero attached hydrogens (tertiary/aromatic N) is 3. The molecule has 0 aliphatic carbocycles. The van der Waals surface area contributed by atoms with Crippen LogP contribution in [0.1, 0.15) is 0 Å². The summed E-state index contributed by atoms with van der Waals surface area (Å²) in [4.78, 5) is 12.1. The number of fused-ring (bicyclic) bond motifs is 1. The van der Waals surface area contributed by atoms with Crippen molar-refractivity contribution in [3.8, 4) is 11.4 Å².